The highest BCUT2D eigenvalue weighted by Crippen LogP contribution is 2.27. The maximum atomic E-state index is 12.3. The number of sulfonamides is 1. The molecule has 20 heavy (non-hydrogen) atoms. The molecule has 0 aliphatic heterocycles. The third-order valence-electron chi connectivity index (χ3n) is 2.78. The Morgan fingerprint density at radius 1 is 1.30 bits per heavy atom. The number of hydrogen-bond acceptors (Lipinski definition) is 3. The van der Waals surface area contributed by atoms with Crippen LogP contribution in [0.5, 0.6) is 0 Å². The Kier molecular flexibility index (Phi) is 4.29. The molecular weight excluding hydrogens is 321 g/mol. The van der Waals surface area contributed by atoms with Crippen molar-refractivity contribution < 1.29 is 8.42 Å². The molecule has 2 aromatic rings. The molecule has 108 valence electrons. The number of rotatable bonds is 4. The van der Waals surface area contributed by atoms with Gasteiger partial charge in [-0.2, -0.15) is 0 Å². The highest BCUT2D eigenvalue weighted by Gasteiger charge is 2.18. The molecule has 0 saturated carbocycles. The molecule has 8 heteroatoms. The molecule has 2 rings (SSSR count). The number of benzene rings is 1. The van der Waals surface area contributed by atoms with Crippen molar-refractivity contribution in [3.05, 3.63) is 46.2 Å². The molecule has 1 aromatic carbocycles. The van der Waals surface area contributed by atoms with Crippen molar-refractivity contribution in [1.82, 2.24) is 4.57 Å². The summed E-state index contributed by atoms with van der Waals surface area (Å²) in [7, 11) is -1.98. The van der Waals surface area contributed by atoms with Gasteiger partial charge in [0.15, 0.2) is 0 Å². The minimum absolute atomic E-state index is 0.131. The molecule has 1 heterocycles. The molecule has 0 aliphatic carbocycles. The largest absolute Gasteiger partial charge is 0.352 e. The lowest BCUT2D eigenvalue weighted by Crippen LogP contribution is -2.12. The van der Waals surface area contributed by atoms with E-state index < -0.39 is 10.0 Å². The van der Waals surface area contributed by atoms with Crippen molar-refractivity contribution in [2.45, 2.75) is 11.4 Å². The molecule has 3 N–H and O–H groups in total. The van der Waals surface area contributed by atoms with Crippen LogP contribution in [0.4, 0.5) is 5.69 Å². The number of halogens is 2. The van der Waals surface area contributed by atoms with Crippen molar-refractivity contribution in [3.8, 4) is 0 Å². The maximum absolute atomic E-state index is 12.3. The number of nitrogens with two attached hydrogens (primary N) is 1. The molecule has 1 aromatic heterocycles. The van der Waals surface area contributed by atoms with E-state index in [1.807, 2.05) is 0 Å². The lowest BCUT2D eigenvalue weighted by Gasteiger charge is -2.08. The number of aryl methyl sites for hydroxylation is 1. The Bertz CT molecular complexity index is 741. The van der Waals surface area contributed by atoms with E-state index in [1.54, 1.807) is 17.7 Å². The number of hydrogen-bond donors (Lipinski definition) is 2. The summed E-state index contributed by atoms with van der Waals surface area (Å²) in [5.74, 6) is 0. The van der Waals surface area contributed by atoms with Crippen LogP contribution in [0.1, 0.15) is 5.69 Å². The Morgan fingerprint density at radius 2 is 2.00 bits per heavy atom. The Hall–Kier alpha value is -1.21. The van der Waals surface area contributed by atoms with Crippen molar-refractivity contribution >= 4 is 38.9 Å². The van der Waals surface area contributed by atoms with E-state index >= 15 is 0 Å². The van der Waals surface area contributed by atoms with E-state index in [0.717, 1.165) is 0 Å². The van der Waals surface area contributed by atoms with Crippen LogP contribution in [0.2, 0.25) is 10.0 Å². The summed E-state index contributed by atoms with van der Waals surface area (Å²) in [5, 5.41) is 0.666. The van der Waals surface area contributed by atoms with Gasteiger partial charge in [-0.25, -0.2) is 8.42 Å². The second-order valence-electron chi connectivity index (χ2n) is 4.21. The van der Waals surface area contributed by atoms with Gasteiger partial charge in [0.2, 0.25) is 0 Å². The third kappa shape index (κ3) is 3.09. The lowest BCUT2D eigenvalue weighted by molar-refractivity contribution is 0.601. The summed E-state index contributed by atoms with van der Waals surface area (Å²) in [6.45, 7) is 0.258. The van der Waals surface area contributed by atoms with Gasteiger partial charge < -0.3 is 10.3 Å². The predicted octanol–water partition coefficient (Wildman–Crippen LogP) is 2.59. The molecule has 5 nitrogen and oxygen atoms in total. The van der Waals surface area contributed by atoms with Crippen molar-refractivity contribution in [2.75, 3.05) is 4.72 Å². The first kappa shape index (κ1) is 15.2. The molecule has 0 bridgehead atoms. The topological polar surface area (TPSA) is 77.1 Å². The van der Waals surface area contributed by atoms with Crippen LogP contribution in [0.25, 0.3) is 0 Å². The number of aromatic nitrogens is 1. The van der Waals surface area contributed by atoms with Crippen LogP contribution < -0.4 is 10.5 Å². The average Bonchev–Trinajstić information content (AvgIpc) is 2.75. The molecule has 0 fully saturated rings. The van der Waals surface area contributed by atoms with Gasteiger partial charge in [0, 0.05) is 30.5 Å². The molecule has 0 atom stereocenters. The normalized spacial score (nSPS) is 11.6. The van der Waals surface area contributed by atoms with Crippen LogP contribution in [-0.4, -0.2) is 13.0 Å². The molecule has 0 unspecified atom stereocenters. The van der Waals surface area contributed by atoms with Gasteiger partial charge in [0.1, 0.15) is 4.90 Å². The third-order valence-corrected chi connectivity index (χ3v) is 4.66. The van der Waals surface area contributed by atoms with Crippen molar-refractivity contribution in [3.63, 3.8) is 0 Å². The number of nitrogens with one attached hydrogen (secondary N) is 1. The van der Waals surface area contributed by atoms with Gasteiger partial charge >= 0.3 is 0 Å². The van der Waals surface area contributed by atoms with Crippen LogP contribution in [-0.2, 0) is 23.6 Å². The first-order valence-electron chi connectivity index (χ1n) is 5.66. The van der Waals surface area contributed by atoms with E-state index in [4.69, 9.17) is 28.9 Å². The number of nitrogens with zero attached hydrogens (tertiary/aromatic N) is 1. The fourth-order valence-corrected chi connectivity index (χ4v) is 3.39. The van der Waals surface area contributed by atoms with Gasteiger partial charge in [-0.1, -0.05) is 23.2 Å². The second kappa shape index (κ2) is 5.65. The lowest BCUT2D eigenvalue weighted by atomic mass is 10.3. The van der Waals surface area contributed by atoms with Gasteiger partial charge in [0.05, 0.1) is 10.7 Å². The monoisotopic (exact) mass is 333 g/mol. The summed E-state index contributed by atoms with van der Waals surface area (Å²) >= 11 is 11.7. The summed E-state index contributed by atoms with van der Waals surface area (Å²) in [4.78, 5) is 0.131. The Morgan fingerprint density at radius 3 is 2.55 bits per heavy atom. The maximum Gasteiger partial charge on any atom is 0.263 e. The standard InChI is InChI=1S/C12H13Cl2N3O2S/c1-17-7-10(5-9(17)6-15)20(18,19)16-12-3-2-8(13)4-11(12)14/h2-5,7,16H,6,15H2,1H3. The minimum atomic E-state index is -3.71. The van der Waals surface area contributed by atoms with Crippen molar-refractivity contribution in [2.24, 2.45) is 12.8 Å². The predicted molar refractivity (Wildman–Crippen MR) is 80.6 cm³/mol. The molecule has 0 aliphatic rings. The van der Waals surface area contributed by atoms with E-state index in [0.29, 0.717) is 10.7 Å². The molecule has 0 spiro atoms. The van der Waals surface area contributed by atoms with Crippen LogP contribution in [0.15, 0.2) is 35.4 Å². The van der Waals surface area contributed by atoms with E-state index in [-0.39, 0.29) is 22.2 Å². The first-order valence-corrected chi connectivity index (χ1v) is 7.90. The van der Waals surface area contributed by atoms with E-state index in [2.05, 4.69) is 4.72 Å². The highest BCUT2D eigenvalue weighted by atomic mass is 35.5. The minimum Gasteiger partial charge on any atom is -0.352 e. The van der Waals surface area contributed by atoms with Crippen LogP contribution in [0.3, 0.4) is 0 Å². The summed E-state index contributed by atoms with van der Waals surface area (Å²) < 4.78 is 28.6. The second-order valence-corrected chi connectivity index (χ2v) is 6.74. The Balaban J connectivity index is 2.35. The fourth-order valence-electron chi connectivity index (χ4n) is 1.70. The zero-order valence-electron chi connectivity index (χ0n) is 10.6. The highest BCUT2D eigenvalue weighted by molar-refractivity contribution is 7.92. The molecule has 0 saturated heterocycles. The fraction of sp³-hybridized carbons (Fsp3) is 0.167. The number of anilines is 1. The molecular formula is C12H13Cl2N3O2S. The smallest absolute Gasteiger partial charge is 0.263 e. The summed E-state index contributed by atoms with van der Waals surface area (Å²) in [6.07, 6.45) is 1.49. The first-order chi connectivity index (χ1) is 9.33. The van der Waals surface area contributed by atoms with Crippen LogP contribution >= 0.6 is 23.2 Å². The van der Waals surface area contributed by atoms with Gasteiger partial charge in [-0.05, 0) is 24.3 Å². The van der Waals surface area contributed by atoms with E-state index in [1.165, 1.54) is 24.4 Å². The molecule has 0 amide bonds. The summed E-state index contributed by atoms with van der Waals surface area (Å²) in [5.41, 5.74) is 6.52. The van der Waals surface area contributed by atoms with E-state index in [9.17, 15) is 8.42 Å². The zero-order valence-corrected chi connectivity index (χ0v) is 12.9. The quantitative estimate of drug-likeness (QED) is 0.902. The average molecular weight is 334 g/mol. The van der Waals surface area contributed by atoms with Gasteiger partial charge in [-0.3, -0.25) is 4.72 Å². The SMILES string of the molecule is Cn1cc(S(=O)(=O)Nc2ccc(Cl)cc2Cl)cc1CN. The van der Waals surface area contributed by atoms with Crippen molar-refractivity contribution in [1.29, 1.82) is 0 Å². The summed E-state index contributed by atoms with van der Waals surface area (Å²) in [6, 6.07) is 6.06. The zero-order chi connectivity index (χ0) is 14.9. The Labute approximate surface area is 127 Å². The van der Waals surface area contributed by atoms with Gasteiger partial charge in [0.25, 0.3) is 10.0 Å². The molecule has 0 radical (unpaired) electrons. The van der Waals surface area contributed by atoms with Crippen LogP contribution in [0, 0.1) is 0 Å². The van der Waals surface area contributed by atoms with Gasteiger partial charge in [-0.15, -0.1) is 0 Å².